The zero-order valence-corrected chi connectivity index (χ0v) is 8.49. The molecule has 0 radical (unpaired) electrons. The first-order valence-corrected chi connectivity index (χ1v) is 5.16. The van der Waals surface area contributed by atoms with E-state index in [0.717, 1.165) is 19.4 Å². The zero-order chi connectivity index (χ0) is 10.7. The molecular weight excluding hydrogens is 196 g/mol. The quantitative estimate of drug-likeness (QED) is 0.701. The Hall–Kier alpha value is -1.12. The van der Waals surface area contributed by atoms with Crippen LogP contribution in [-0.4, -0.2) is 38.4 Å². The van der Waals surface area contributed by atoms with Crippen molar-refractivity contribution in [3.63, 3.8) is 0 Å². The largest absolute Gasteiger partial charge is 0.377 e. The van der Waals surface area contributed by atoms with Gasteiger partial charge in [-0.15, -0.1) is 0 Å². The molecule has 0 aromatic heterocycles. The molecule has 15 heavy (non-hydrogen) atoms. The van der Waals surface area contributed by atoms with E-state index >= 15 is 0 Å². The van der Waals surface area contributed by atoms with Gasteiger partial charge in [0.1, 0.15) is 0 Å². The maximum Gasteiger partial charge on any atom is 0.245 e. The maximum atomic E-state index is 11.7. The molecule has 1 unspecified atom stereocenters. The molecule has 2 rings (SSSR count). The summed E-state index contributed by atoms with van der Waals surface area (Å²) in [5.74, 6) is -0.230. The SMILES string of the molecule is N#CC1(C(=O)NCC2CCCO2)COC1. The van der Waals surface area contributed by atoms with Crippen LogP contribution in [-0.2, 0) is 14.3 Å². The van der Waals surface area contributed by atoms with E-state index in [1.807, 2.05) is 6.07 Å². The van der Waals surface area contributed by atoms with Gasteiger partial charge in [0, 0.05) is 13.2 Å². The van der Waals surface area contributed by atoms with Gasteiger partial charge in [-0.05, 0) is 12.8 Å². The zero-order valence-electron chi connectivity index (χ0n) is 8.49. The van der Waals surface area contributed by atoms with E-state index in [-0.39, 0.29) is 25.2 Å². The molecule has 0 spiro atoms. The third-order valence-corrected chi connectivity index (χ3v) is 2.86. The molecule has 0 bridgehead atoms. The number of carbonyl (C=O) groups is 1. The van der Waals surface area contributed by atoms with Crippen LogP contribution in [0.25, 0.3) is 0 Å². The molecule has 2 heterocycles. The Morgan fingerprint density at radius 2 is 2.40 bits per heavy atom. The van der Waals surface area contributed by atoms with Crippen molar-refractivity contribution in [2.45, 2.75) is 18.9 Å². The van der Waals surface area contributed by atoms with Crippen molar-refractivity contribution in [3.05, 3.63) is 0 Å². The van der Waals surface area contributed by atoms with E-state index in [9.17, 15) is 4.79 Å². The number of hydrogen-bond donors (Lipinski definition) is 1. The van der Waals surface area contributed by atoms with Crippen LogP contribution in [0.3, 0.4) is 0 Å². The number of nitrogens with zero attached hydrogens (tertiary/aromatic N) is 1. The molecule has 0 aromatic rings. The third kappa shape index (κ3) is 1.96. The fourth-order valence-electron chi connectivity index (χ4n) is 1.73. The van der Waals surface area contributed by atoms with Crippen LogP contribution in [0.1, 0.15) is 12.8 Å². The van der Waals surface area contributed by atoms with E-state index in [4.69, 9.17) is 14.7 Å². The van der Waals surface area contributed by atoms with E-state index in [2.05, 4.69) is 5.32 Å². The average molecular weight is 210 g/mol. The number of ether oxygens (including phenoxy) is 2. The Balaban J connectivity index is 1.79. The number of rotatable bonds is 3. The van der Waals surface area contributed by atoms with Crippen molar-refractivity contribution in [3.8, 4) is 6.07 Å². The smallest absolute Gasteiger partial charge is 0.245 e. The summed E-state index contributed by atoms with van der Waals surface area (Å²) in [5.41, 5.74) is -0.946. The summed E-state index contributed by atoms with van der Waals surface area (Å²) in [7, 11) is 0. The summed E-state index contributed by atoms with van der Waals surface area (Å²) in [4.78, 5) is 11.7. The first kappa shape index (κ1) is 10.4. The Morgan fingerprint density at radius 1 is 1.60 bits per heavy atom. The number of hydrogen-bond acceptors (Lipinski definition) is 4. The van der Waals surface area contributed by atoms with Gasteiger partial charge in [-0.1, -0.05) is 0 Å². The highest BCUT2D eigenvalue weighted by Crippen LogP contribution is 2.26. The van der Waals surface area contributed by atoms with Crippen molar-refractivity contribution in [2.24, 2.45) is 5.41 Å². The first-order chi connectivity index (χ1) is 7.27. The van der Waals surface area contributed by atoms with Crippen LogP contribution in [0.2, 0.25) is 0 Å². The molecule has 5 heteroatoms. The highest BCUT2D eigenvalue weighted by atomic mass is 16.5. The second kappa shape index (κ2) is 4.17. The molecule has 0 saturated carbocycles. The second-order valence-electron chi connectivity index (χ2n) is 4.03. The van der Waals surface area contributed by atoms with Crippen LogP contribution < -0.4 is 5.32 Å². The summed E-state index contributed by atoms with van der Waals surface area (Å²) < 4.78 is 10.3. The first-order valence-electron chi connectivity index (χ1n) is 5.16. The molecule has 1 N–H and O–H groups in total. The number of amides is 1. The predicted molar refractivity (Wildman–Crippen MR) is 50.8 cm³/mol. The Morgan fingerprint density at radius 3 is 2.87 bits per heavy atom. The summed E-state index contributed by atoms with van der Waals surface area (Å²) in [6.45, 7) is 1.69. The lowest BCUT2D eigenvalue weighted by Crippen LogP contribution is -2.54. The van der Waals surface area contributed by atoms with E-state index in [1.165, 1.54) is 0 Å². The van der Waals surface area contributed by atoms with Crippen molar-refractivity contribution >= 4 is 5.91 Å². The molecule has 2 fully saturated rings. The average Bonchev–Trinajstić information content (AvgIpc) is 2.66. The molecule has 2 aliphatic heterocycles. The van der Waals surface area contributed by atoms with Crippen LogP contribution in [0, 0.1) is 16.7 Å². The van der Waals surface area contributed by atoms with Gasteiger partial charge >= 0.3 is 0 Å². The van der Waals surface area contributed by atoms with Gasteiger partial charge in [-0.3, -0.25) is 4.79 Å². The van der Waals surface area contributed by atoms with Crippen LogP contribution >= 0.6 is 0 Å². The summed E-state index contributed by atoms with van der Waals surface area (Å²) in [6, 6.07) is 2.01. The van der Waals surface area contributed by atoms with Gasteiger partial charge in [0.15, 0.2) is 5.41 Å². The monoisotopic (exact) mass is 210 g/mol. The molecule has 2 saturated heterocycles. The molecule has 0 aliphatic carbocycles. The lowest BCUT2D eigenvalue weighted by Gasteiger charge is -2.33. The number of nitrogens with one attached hydrogen (secondary N) is 1. The van der Waals surface area contributed by atoms with Crippen molar-refractivity contribution < 1.29 is 14.3 Å². The molecular formula is C10H14N2O3. The number of nitriles is 1. The lowest BCUT2D eigenvalue weighted by molar-refractivity contribution is -0.150. The lowest BCUT2D eigenvalue weighted by atomic mass is 9.87. The van der Waals surface area contributed by atoms with Gasteiger partial charge < -0.3 is 14.8 Å². The Kier molecular flexibility index (Phi) is 2.89. The fourth-order valence-corrected chi connectivity index (χ4v) is 1.73. The summed E-state index contributed by atoms with van der Waals surface area (Å²) in [6.07, 6.45) is 2.15. The Bertz CT molecular complexity index is 288. The van der Waals surface area contributed by atoms with Gasteiger partial charge in [0.25, 0.3) is 0 Å². The van der Waals surface area contributed by atoms with Crippen molar-refractivity contribution in [1.82, 2.24) is 5.32 Å². The molecule has 1 atom stereocenters. The Labute approximate surface area is 88.3 Å². The normalized spacial score (nSPS) is 27.8. The minimum absolute atomic E-state index is 0.116. The standard InChI is InChI=1S/C10H14N2O3/c11-5-10(6-14-7-10)9(13)12-4-8-2-1-3-15-8/h8H,1-4,6-7H2,(H,12,13). The van der Waals surface area contributed by atoms with Gasteiger partial charge in [0.2, 0.25) is 5.91 Å². The fraction of sp³-hybridized carbons (Fsp3) is 0.800. The summed E-state index contributed by atoms with van der Waals surface area (Å²) >= 11 is 0. The van der Waals surface area contributed by atoms with E-state index in [1.54, 1.807) is 0 Å². The summed E-state index contributed by atoms with van der Waals surface area (Å²) in [5, 5.41) is 11.6. The molecule has 1 amide bonds. The van der Waals surface area contributed by atoms with Crippen molar-refractivity contribution in [2.75, 3.05) is 26.4 Å². The van der Waals surface area contributed by atoms with E-state index in [0.29, 0.717) is 6.54 Å². The molecule has 82 valence electrons. The molecule has 5 nitrogen and oxygen atoms in total. The van der Waals surface area contributed by atoms with Gasteiger partial charge in [-0.25, -0.2) is 0 Å². The third-order valence-electron chi connectivity index (χ3n) is 2.86. The topological polar surface area (TPSA) is 71.4 Å². The highest BCUT2D eigenvalue weighted by Gasteiger charge is 2.46. The predicted octanol–water partition coefficient (Wildman–Crippen LogP) is -0.178. The number of carbonyl (C=O) groups excluding carboxylic acids is 1. The van der Waals surface area contributed by atoms with E-state index < -0.39 is 5.41 Å². The van der Waals surface area contributed by atoms with Crippen LogP contribution in [0.4, 0.5) is 0 Å². The highest BCUT2D eigenvalue weighted by molar-refractivity contribution is 5.86. The van der Waals surface area contributed by atoms with Gasteiger partial charge in [0.05, 0.1) is 25.4 Å². The minimum Gasteiger partial charge on any atom is -0.377 e. The molecule has 2 aliphatic rings. The molecule has 0 aromatic carbocycles. The maximum absolute atomic E-state index is 11.7. The van der Waals surface area contributed by atoms with Crippen molar-refractivity contribution in [1.29, 1.82) is 5.26 Å². The van der Waals surface area contributed by atoms with Crippen LogP contribution in [0.15, 0.2) is 0 Å². The van der Waals surface area contributed by atoms with Gasteiger partial charge in [-0.2, -0.15) is 5.26 Å². The minimum atomic E-state index is -0.946. The second-order valence-corrected chi connectivity index (χ2v) is 4.03. The van der Waals surface area contributed by atoms with Crippen LogP contribution in [0.5, 0.6) is 0 Å².